The van der Waals surface area contributed by atoms with Crippen LogP contribution in [0.1, 0.15) is 32.6 Å². The SMILES string of the molecule is CC1(N2C[CH]CCC2)CCNCC1. The Morgan fingerprint density at radius 3 is 2.69 bits per heavy atom. The summed E-state index contributed by atoms with van der Waals surface area (Å²) in [5, 5.41) is 3.44. The fraction of sp³-hybridized carbons (Fsp3) is 0.909. The van der Waals surface area contributed by atoms with Crippen molar-refractivity contribution in [3.63, 3.8) is 0 Å². The molecule has 2 heteroatoms. The van der Waals surface area contributed by atoms with Crippen LogP contribution in [-0.4, -0.2) is 36.6 Å². The van der Waals surface area contributed by atoms with E-state index in [2.05, 4.69) is 23.6 Å². The van der Waals surface area contributed by atoms with Gasteiger partial charge in [0.15, 0.2) is 0 Å². The summed E-state index contributed by atoms with van der Waals surface area (Å²) >= 11 is 0. The number of piperidine rings is 2. The fourth-order valence-electron chi connectivity index (χ4n) is 2.54. The van der Waals surface area contributed by atoms with Crippen molar-refractivity contribution in [2.24, 2.45) is 0 Å². The third-order valence-electron chi connectivity index (χ3n) is 3.63. The zero-order valence-corrected chi connectivity index (χ0v) is 8.68. The number of nitrogens with one attached hydrogen (secondary N) is 1. The fourth-order valence-corrected chi connectivity index (χ4v) is 2.54. The molecule has 0 unspecified atom stereocenters. The van der Waals surface area contributed by atoms with Crippen LogP contribution < -0.4 is 5.32 Å². The first-order valence-electron chi connectivity index (χ1n) is 5.59. The van der Waals surface area contributed by atoms with Gasteiger partial charge >= 0.3 is 0 Å². The summed E-state index contributed by atoms with van der Waals surface area (Å²) in [6.45, 7) is 7.37. The quantitative estimate of drug-likeness (QED) is 0.658. The molecule has 2 nitrogen and oxygen atoms in total. The van der Waals surface area contributed by atoms with Crippen LogP contribution in [0.5, 0.6) is 0 Å². The molecule has 2 aliphatic rings. The Balaban J connectivity index is 1.94. The molecule has 0 aromatic rings. The Labute approximate surface area is 81.7 Å². The van der Waals surface area contributed by atoms with Crippen LogP contribution in [0.25, 0.3) is 0 Å². The lowest BCUT2D eigenvalue weighted by Gasteiger charge is -2.46. The second-order valence-electron chi connectivity index (χ2n) is 4.62. The Morgan fingerprint density at radius 1 is 1.31 bits per heavy atom. The molecule has 2 rings (SSSR count). The molecular formula is C11H21N2. The zero-order valence-electron chi connectivity index (χ0n) is 8.68. The monoisotopic (exact) mass is 181 g/mol. The molecule has 0 aromatic heterocycles. The lowest BCUT2D eigenvalue weighted by atomic mass is 9.87. The van der Waals surface area contributed by atoms with E-state index in [1.54, 1.807) is 0 Å². The Morgan fingerprint density at radius 2 is 2.08 bits per heavy atom. The molecular weight excluding hydrogens is 160 g/mol. The molecule has 0 aromatic carbocycles. The number of rotatable bonds is 1. The molecule has 2 heterocycles. The standard InChI is InChI=1S/C11H21N2/c1-11(5-7-12-8-6-11)13-9-3-2-4-10-13/h3,12H,2,4-10H2,1H3. The molecule has 75 valence electrons. The van der Waals surface area contributed by atoms with Gasteiger partial charge in [-0.25, -0.2) is 0 Å². The van der Waals surface area contributed by atoms with Crippen molar-refractivity contribution in [2.45, 2.75) is 38.1 Å². The minimum Gasteiger partial charge on any atom is -0.317 e. The number of likely N-dealkylation sites (tertiary alicyclic amines) is 1. The molecule has 0 saturated carbocycles. The van der Waals surface area contributed by atoms with Gasteiger partial charge in [-0.2, -0.15) is 0 Å². The van der Waals surface area contributed by atoms with Crippen LogP contribution in [0, 0.1) is 6.42 Å². The van der Waals surface area contributed by atoms with Crippen molar-refractivity contribution in [1.29, 1.82) is 0 Å². The van der Waals surface area contributed by atoms with E-state index < -0.39 is 0 Å². The van der Waals surface area contributed by atoms with E-state index in [-0.39, 0.29) is 0 Å². The van der Waals surface area contributed by atoms with Crippen LogP contribution in [0.2, 0.25) is 0 Å². The molecule has 1 N–H and O–H groups in total. The first-order valence-corrected chi connectivity index (χ1v) is 5.59. The summed E-state index contributed by atoms with van der Waals surface area (Å²) in [7, 11) is 0. The highest BCUT2D eigenvalue weighted by Crippen LogP contribution is 2.28. The molecule has 0 atom stereocenters. The lowest BCUT2D eigenvalue weighted by molar-refractivity contribution is 0.0686. The highest BCUT2D eigenvalue weighted by Gasteiger charge is 2.33. The minimum atomic E-state index is 0.488. The summed E-state index contributed by atoms with van der Waals surface area (Å²) in [6, 6.07) is 0. The summed E-state index contributed by atoms with van der Waals surface area (Å²) in [5.74, 6) is 0. The largest absolute Gasteiger partial charge is 0.317 e. The maximum Gasteiger partial charge on any atom is 0.0205 e. The van der Waals surface area contributed by atoms with Gasteiger partial charge in [-0.05, 0) is 58.7 Å². The summed E-state index contributed by atoms with van der Waals surface area (Å²) < 4.78 is 0. The first kappa shape index (κ1) is 9.47. The number of nitrogens with zero attached hydrogens (tertiary/aromatic N) is 1. The predicted octanol–water partition coefficient (Wildman–Crippen LogP) is 1.43. The topological polar surface area (TPSA) is 15.3 Å². The van der Waals surface area contributed by atoms with E-state index in [4.69, 9.17) is 0 Å². The van der Waals surface area contributed by atoms with Gasteiger partial charge in [0.25, 0.3) is 0 Å². The van der Waals surface area contributed by atoms with E-state index in [1.165, 1.54) is 51.9 Å². The van der Waals surface area contributed by atoms with Crippen molar-refractivity contribution in [2.75, 3.05) is 26.2 Å². The minimum absolute atomic E-state index is 0.488. The smallest absolute Gasteiger partial charge is 0.0205 e. The van der Waals surface area contributed by atoms with E-state index >= 15 is 0 Å². The van der Waals surface area contributed by atoms with Crippen LogP contribution in [0.15, 0.2) is 0 Å². The molecule has 0 amide bonds. The Kier molecular flexibility index (Phi) is 2.89. The zero-order chi connectivity index (χ0) is 9.15. The summed E-state index contributed by atoms with van der Waals surface area (Å²) in [4.78, 5) is 2.68. The Bertz CT molecular complexity index is 155. The Hall–Kier alpha value is -0.0800. The summed E-state index contributed by atoms with van der Waals surface area (Å²) in [6.07, 6.45) is 7.77. The van der Waals surface area contributed by atoms with Gasteiger partial charge in [0, 0.05) is 12.1 Å². The predicted molar refractivity (Wildman–Crippen MR) is 55.6 cm³/mol. The highest BCUT2D eigenvalue weighted by atomic mass is 15.2. The van der Waals surface area contributed by atoms with Crippen molar-refractivity contribution in [1.82, 2.24) is 10.2 Å². The van der Waals surface area contributed by atoms with Crippen molar-refractivity contribution in [3.8, 4) is 0 Å². The number of hydrogen-bond donors (Lipinski definition) is 1. The highest BCUT2D eigenvalue weighted by molar-refractivity contribution is 4.94. The van der Waals surface area contributed by atoms with Gasteiger partial charge in [0.2, 0.25) is 0 Å². The van der Waals surface area contributed by atoms with Crippen LogP contribution in [-0.2, 0) is 0 Å². The first-order chi connectivity index (χ1) is 6.31. The third-order valence-corrected chi connectivity index (χ3v) is 3.63. The van der Waals surface area contributed by atoms with E-state index in [1.807, 2.05) is 0 Å². The average Bonchev–Trinajstić information content (AvgIpc) is 2.20. The molecule has 1 radical (unpaired) electrons. The second-order valence-corrected chi connectivity index (χ2v) is 4.62. The molecule has 0 spiro atoms. The maximum absolute atomic E-state index is 3.44. The third kappa shape index (κ3) is 2.05. The van der Waals surface area contributed by atoms with Gasteiger partial charge in [-0.1, -0.05) is 0 Å². The molecule has 2 saturated heterocycles. The lowest BCUT2D eigenvalue weighted by Crippen LogP contribution is -2.54. The summed E-state index contributed by atoms with van der Waals surface area (Å²) in [5.41, 5.74) is 0.488. The van der Waals surface area contributed by atoms with Crippen LogP contribution in [0.4, 0.5) is 0 Å². The van der Waals surface area contributed by atoms with Crippen LogP contribution >= 0.6 is 0 Å². The molecule has 0 bridgehead atoms. The number of hydrogen-bond acceptors (Lipinski definition) is 2. The van der Waals surface area contributed by atoms with E-state index in [9.17, 15) is 0 Å². The molecule has 2 fully saturated rings. The normalized spacial score (nSPS) is 30.2. The van der Waals surface area contributed by atoms with Gasteiger partial charge in [-0.15, -0.1) is 0 Å². The second kappa shape index (κ2) is 3.97. The van der Waals surface area contributed by atoms with E-state index in [0.29, 0.717) is 5.54 Å². The van der Waals surface area contributed by atoms with E-state index in [0.717, 1.165) is 0 Å². The maximum atomic E-state index is 3.44. The molecule has 0 aliphatic carbocycles. The van der Waals surface area contributed by atoms with Gasteiger partial charge in [-0.3, -0.25) is 4.90 Å². The van der Waals surface area contributed by atoms with Gasteiger partial charge < -0.3 is 5.32 Å². The molecule has 13 heavy (non-hydrogen) atoms. The van der Waals surface area contributed by atoms with Gasteiger partial charge in [0.05, 0.1) is 0 Å². The average molecular weight is 181 g/mol. The van der Waals surface area contributed by atoms with Crippen molar-refractivity contribution < 1.29 is 0 Å². The van der Waals surface area contributed by atoms with Crippen LogP contribution in [0.3, 0.4) is 0 Å². The van der Waals surface area contributed by atoms with Gasteiger partial charge in [0.1, 0.15) is 0 Å². The van der Waals surface area contributed by atoms with Crippen molar-refractivity contribution >= 4 is 0 Å². The molecule has 2 aliphatic heterocycles. The van der Waals surface area contributed by atoms with Crippen molar-refractivity contribution in [3.05, 3.63) is 6.42 Å².